The standard InChI is InChI=1S/C18H30N4O2/c1-14(13-23-3)21-18(19-2)20-11-15-9-10-22(12-15)16-7-5-6-8-17(16)24-4/h5-8,14-15H,9-13H2,1-4H3,(H2,19,20,21). The number of benzene rings is 1. The van der Waals surface area contributed by atoms with Crippen molar-refractivity contribution in [2.75, 3.05) is 52.4 Å². The largest absolute Gasteiger partial charge is 0.495 e. The molecular weight excluding hydrogens is 304 g/mol. The molecule has 0 radical (unpaired) electrons. The number of nitrogens with one attached hydrogen (secondary N) is 2. The molecular formula is C18H30N4O2. The van der Waals surface area contributed by atoms with Crippen molar-refractivity contribution in [2.24, 2.45) is 10.9 Å². The maximum Gasteiger partial charge on any atom is 0.191 e. The van der Waals surface area contributed by atoms with Crippen molar-refractivity contribution in [3.05, 3.63) is 24.3 Å². The average Bonchev–Trinajstić information content (AvgIpc) is 3.07. The number of guanidine groups is 1. The van der Waals surface area contributed by atoms with Crippen molar-refractivity contribution in [3.8, 4) is 5.75 Å². The topological polar surface area (TPSA) is 58.1 Å². The van der Waals surface area contributed by atoms with Crippen LogP contribution in [0.4, 0.5) is 5.69 Å². The number of ether oxygens (including phenoxy) is 2. The van der Waals surface area contributed by atoms with E-state index in [-0.39, 0.29) is 6.04 Å². The summed E-state index contributed by atoms with van der Waals surface area (Å²) in [5.41, 5.74) is 1.18. The Morgan fingerprint density at radius 1 is 1.38 bits per heavy atom. The van der Waals surface area contributed by atoms with Crippen LogP contribution in [0.15, 0.2) is 29.3 Å². The SMILES string of the molecule is CN=C(NCC1CCN(c2ccccc2OC)C1)NC(C)COC. The van der Waals surface area contributed by atoms with Crippen molar-refractivity contribution < 1.29 is 9.47 Å². The van der Waals surface area contributed by atoms with Crippen LogP contribution in [0.2, 0.25) is 0 Å². The van der Waals surface area contributed by atoms with Gasteiger partial charge in [0.1, 0.15) is 5.75 Å². The van der Waals surface area contributed by atoms with Crippen LogP contribution in [-0.2, 0) is 4.74 Å². The van der Waals surface area contributed by atoms with Crippen LogP contribution in [0.5, 0.6) is 5.75 Å². The summed E-state index contributed by atoms with van der Waals surface area (Å²) < 4.78 is 10.6. The normalized spacial score (nSPS) is 19.2. The van der Waals surface area contributed by atoms with Crippen LogP contribution in [0.1, 0.15) is 13.3 Å². The molecule has 0 spiro atoms. The minimum Gasteiger partial charge on any atom is -0.495 e. The van der Waals surface area contributed by atoms with Gasteiger partial charge >= 0.3 is 0 Å². The first-order valence-electron chi connectivity index (χ1n) is 8.52. The zero-order chi connectivity index (χ0) is 17.4. The van der Waals surface area contributed by atoms with Crippen molar-refractivity contribution in [2.45, 2.75) is 19.4 Å². The van der Waals surface area contributed by atoms with E-state index in [2.05, 4.69) is 39.6 Å². The van der Waals surface area contributed by atoms with Gasteiger partial charge in [-0.1, -0.05) is 12.1 Å². The van der Waals surface area contributed by atoms with E-state index < -0.39 is 0 Å². The van der Waals surface area contributed by atoms with Gasteiger partial charge in [-0.05, 0) is 31.4 Å². The molecule has 1 aliphatic heterocycles. The molecule has 1 aromatic carbocycles. The molecule has 1 saturated heterocycles. The van der Waals surface area contributed by atoms with Gasteiger partial charge in [0.15, 0.2) is 5.96 Å². The fourth-order valence-corrected chi connectivity index (χ4v) is 3.07. The molecule has 0 bridgehead atoms. The van der Waals surface area contributed by atoms with E-state index in [1.165, 1.54) is 5.69 Å². The van der Waals surface area contributed by atoms with Crippen LogP contribution < -0.4 is 20.3 Å². The minimum absolute atomic E-state index is 0.231. The monoisotopic (exact) mass is 334 g/mol. The van der Waals surface area contributed by atoms with E-state index in [9.17, 15) is 0 Å². The summed E-state index contributed by atoms with van der Waals surface area (Å²) in [7, 11) is 5.23. The first-order chi connectivity index (χ1) is 11.7. The highest BCUT2D eigenvalue weighted by Crippen LogP contribution is 2.31. The number of aliphatic imine (C=N–C) groups is 1. The Bertz CT molecular complexity index is 536. The van der Waals surface area contributed by atoms with Gasteiger partial charge < -0.3 is 25.0 Å². The Labute approximate surface area is 145 Å². The van der Waals surface area contributed by atoms with Gasteiger partial charge in [0, 0.05) is 39.8 Å². The van der Waals surface area contributed by atoms with Crippen molar-refractivity contribution >= 4 is 11.6 Å². The quantitative estimate of drug-likeness (QED) is 0.587. The summed E-state index contributed by atoms with van der Waals surface area (Å²) in [6.07, 6.45) is 1.16. The summed E-state index contributed by atoms with van der Waals surface area (Å²) in [5.74, 6) is 2.36. The lowest BCUT2D eigenvalue weighted by Crippen LogP contribution is -2.45. The predicted molar refractivity (Wildman–Crippen MR) is 99.1 cm³/mol. The van der Waals surface area contributed by atoms with Gasteiger partial charge in [-0.25, -0.2) is 0 Å². The first kappa shape index (κ1) is 18.4. The summed E-state index contributed by atoms with van der Waals surface area (Å²) in [6, 6.07) is 8.45. The Kier molecular flexibility index (Phi) is 7.18. The number of rotatable bonds is 7. The predicted octanol–water partition coefficient (Wildman–Crippen LogP) is 1.72. The van der Waals surface area contributed by atoms with Crippen molar-refractivity contribution in [3.63, 3.8) is 0 Å². The summed E-state index contributed by atoms with van der Waals surface area (Å²) >= 11 is 0. The number of hydrogen-bond donors (Lipinski definition) is 2. The molecule has 2 unspecified atom stereocenters. The molecule has 0 aromatic heterocycles. The number of methoxy groups -OCH3 is 2. The molecule has 1 aromatic rings. The Morgan fingerprint density at radius 2 is 2.17 bits per heavy atom. The molecule has 6 heteroatoms. The van der Waals surface area contributed by atoms with Gasteiger partial charge in [0.25, 0.3) is 0 Å². The van der Waals surface area contributed by atoms with Crippen LogP contribution in [0.3, 0.4) is 0 Å². The van der Waals surface area contributed by atoms with Gasteiger partial charge in [0.05, 0.1) is 19.4 Å². The molecule has 0 aliphatic carbocycles. The molecule has 1 fully saturated rings. The number of nitrogens with zero attached hydrogens (tertiary/aromatic N) is 2. The van der Waals surface area contributed by atoms with Gasteiger partial charge in [0.2, 0.25) is 0 Å². The molecule has 134 valence electrons. The zero-order valence-corrected chi connectivity index (χ0v) is 15.2. The minimum atomic E-state index is 0.231. The Balaban J connectivity index is 1.83. The molecule has 2 rings (SSSR count). The van der Waals surface area contributed by atoms with Crippen LogP contribution in [0, 0.1) is 5.92 Å². The van der Waals surface area contributed by atoms with E-state index >= 15 is 0 Å². The number of anilines is 1. The third kappa shape index (κ3) is 5.03. The lowest BCUT2D eigenvalue weighted by Gasteiger charge is -2.22. The Morgan fingerprint density at radius 3 is 2.88 bits per heavy atom. The molecule has 24 heavy (non-hydrogen) atoms. The fraction of sp³-hybridized carbons (Fsp3) is 0.611. The fourth-order valence-electron chi connectivity index (χ4n) is 3.07. The second-order valence-corrected chi connectivity index (χ2v) is 6.23. The van der Waals surface area contributed by atoms with Crippen molar-refractivity contribution in [1.29, 1.82) is 0 Å². The summed E-state index contributed by atoms with van der Waals surface area (Å²) in [6.45, 7) is 5.73. The molecule has 1 heterocycles. The highest BCUT2D eigenvalue weighted by atomic mass is 16.5. The summed E-state index contributed by atoms with van der Waals surface area (Å²) in [5, 5.41) is 6.76. The smallest absolute Gasteiger partial charge is 0.191 e. The lowest BCUT2D eigenvalue weighted by atomic mass is 10.1. The molecule has 2 N–H and O–H groups in total. The van der Waals surface area contributed by atoms with Gasteiger partial charge in [-0.3, -0.25) is 4.99 Å². The van der Waals surface area contributed by atoms with Crippen LogP contribution >= 0.6 is 0 Å². The first-order valence-corrected chi connectivity index (χ1v) is 8.52. The second-order valence-electron chi connectivity index (χ2n) is 6.23. The maximum atomic E-state index is 5.48. The van der Waals surface area contributed by atoms with Gasteiger partial charge in [-0.2, -0.15) is 0 Å². The highest BCUT2D eigenvalue weighted by molar-refractivity contribution is 5.79. The van der Waals surface area contributed by atoms with Crippen molar-refractivity contribution in [1.82, 2.24) is 10.6 Å². The van der Waals surface area contributed by atoms with Gasteiger partial charge in [-0.15, -0.1) is 0 Å². The van der Waals surface area contributed by atoms with Crippen LogP contribution in [0.25, 0.3) is 0 Å². The molecule has 0 amide bonds. The lowest BCUT2D eigenvalue weighted by molar-refractivity contribution is 0.179. The molecule has 0 saturated carbocycles. The average molecular weight is 334 g/mol. The summed E-state index contributed by atoms with van der Waals surface area (Å²) in [4.78, 5) is 6.68. The van der Waals surface area contributed by atoms with E-state index in [1.54, 1.807) is 21.3 Å². The number of para-hydroxylation sites is 2. The van der Waals surface area contributed by atoms with E-state index in [4.69, 9.17) is 9.47 Å². The van der Waals surface area contributed by atoms with E-state index in [0.717, 1.165) is 37.8 Å². The molecule has 1 aliphatic rings. The Hall–Kier alpha value is -1.95. The van der Waals surface area contributed by atoms with Crippen LogP contribution in [-0.4, -0.2) is 59.5 Å². The zero-order valence-electron chi connectivity index (χ0n) is 15.2. The molecule has 2 atom stereocenters. The van der Waals surface area contributed by atoms with E-state index in [1.807, 2.05) is 12.1 Å². The second kappa shape index (κ2) is 9.37. The number of hydrogen-bond acceptors (Lipinski definition) is 4. The third-order valence-electron chi connectivity index (χ3n) is 4.29. The highest BCUT2D eigenvalue weighted by Gasteiger charge is 2.24. The maximum absolute atomic E-state index is 5.48. The van der Waals surface area contributed by atoms with E-state index in [0.29, 0.717) is 12.5 Å². The third-order valence-corrected chi connectivity index (χ3v) is 4.29. The molecule has 6 nitrogen and oxygen atoms in total.